The summed E-state index contributed by atoms with van der Waals surface area (Å²) in [6.45, 7) is 2.20. The summed E-state index contributed by atoms with van der Waals surface area (Å²) in [4.78, 5) is 16.1. The van der Waals surface area contributed by atoms with Crippen molar-refractivity contribution in [3.05, 3.63) is 83.9 Å². The van der Waals surface area contributed by atoms with Gasteiger partial charge in [0, 0.05) is 19.5 Å². The zero-order valence-electron chi connectivity index (χ0n) is 19.5. The quantitative estimate of drug-likeness (QED) is 0.349. The normalized spacial score (nSPS) is 13.5. The monoisotopic (exact) mass is 473 g/mol. The molecule has 0 unspecified atom stereocenters. The van der Waals surface area contributed by atoms with E-state index in [4.69, 9.17) is 9.47 Å². The van der Waals surface area contributed by atoms with Gasteiger partial charge in [-0.05, 0) is 29.7 Å². The molecule has 10 heteroatoms. The molecule has 2 aromatic heterocycles. The van der Waals surface area contributed by atoms with Crippen LogP contribution in [0.2, 0.25) is 0 Å². The molecule has 0 radical (unpaired) electrons. The average Bonchev–Trinajstić information content (AvgIpc) is 3.54. The van der Waals surface area contributed by atoms with E-state index in [2.05, 4.69) is 20.5 Å². The minimum absolute atomic E-state index is 0.130. The van der Waals surface area contributed by atoms with Crippen molar-refractivity contribution in [3.8, 4) is 11.5 Å². The van der Waals surface area contributed by atoms with E-state index in [1.807, 2.05) is 64.3 Å². The lowest BCUT2D eigenvalue weighted by Gasteiger charge is -2.39. The summed E-state index contributed by atoms with van der Waals surface area (Å²) in [5, 5.41) is 16.5. The molecule has 0 spiro atoms. The number of ether oxygens (including phenoxy) is 2. The number of carbonyl (C=O) groups excluding carboxylic acids is 1. The maximum atomic E-state index is 12.7. The van der Waals surface area contributed by atoms with Gasteiger partial charge in [0.1, 0.15) is 18.8 Å². The number of likely N-dealkylation sites (tertiary alicyclic amines) is 1. The molecule has 5 rings (SSSR count). The van der Waals surface area contributed by atoms with Crippen LogP contribution in [0, 0.1) is 0 Å². The molecule has 3 heterocycles. The van der Waals surface area contributed by atoms with E-state index >= 15 is 0 Å². The predicted molar refractivity (Wildman–Crippen MR) is 127 cm³/mol. The van der Waals surface area contributed by atoms with Gasteiger partial charge in [0.2, 0.25) is 5.91 Å². The Hall–Kier alpha value is -4.21. The van der Waals surface area contributed by atoms with Crippen molar-refractivity contribution in [2.24, 2.45) is 0 Å². The molecule has 1 aliphatic heterocycles. The largest absolute Gasteiger partial charge is 0.493 e. The first-order valence-electron chi connectivity index (χ1n) is 11.5. The summed E-state index contributed by atoms with van der Waals surface area (Å²) in [7, 11) is 1.63. The van der Waals surface area contributed by atoms with Gasteiger partial charge in [0.25, 0.3) is 0 Å². The Morgan fingerprint density at radius 2 is 1.83 bits per heavy atom. The van der Waals surface area contributed by atoms with Crippen molar-refractivity contribution in [1.29, 1.82) is 0 Å². The molecule has 2 aromatic carbocycles. The number of rotatable bonds is 10. The Labute approximate surface area is 203 Å². The third-order valence-electron chi connectivity index (χ3n) is 6.01. The summed E-state index contributed by atoms with van der Waals surface area (Å²) in [6.07, 6.45) is 6.22. The molecule has 0 atom stereocenters. The molecule has 4 aromatic rings. The van der Waals surface area contributed by atoms with Crippen molar-refractivity contribution in [1.82, 2.24) is 34.9 Å². The molecule has 10 nitrogen and oxygen atoms in total. The molecule has 1 aliphatic rings. The van der Waals surface area contributed by atoms with E-state index in [9.17, 15) is 4.79 Å². The maximum Gasteiger partial charge on any atom is 0.223 e. The fraction of sp³-hybridized carbons (Fsp3) is 0.320. The van der Waals surface area contributed by atoms with Crippen LogP contribution < -0.4 is 9.47 Å². The minimum atomic E-state index is 0.130. The summed E-state index contributed by atoms with van der Waals surface area (Å²) < 4.78 is 13.3. The van der Waals surface area contributed by atoms with Crippen LogP contribution in [-0.4, -0.2) is 61.0 Å². The third kappa shape index (κ3) is 5.48. The number of nitrogens with zero attached hydrogens (tertiary/aromatic N) is 7. The van der Waals surface area contributed by atoms with E-state index in [1.54, 1.807) is 24.3 Å². The summed E-state index contributed by atoms with van der Waals surface area (Å²) >= 11 is 0. The molecule has 1 amide bonds. The van der Waals surface area contributed by atoms with Gasteiger partial charge in [0.05, 0.1) is 31.7 Å². The van der Waals surface area contributed by atoms with Crippen LogP contribution in [0.1, 0.15) is 29.3 Å². The number of aryl methyl sites for hydroxylation is 1. The molecule has 0 aliphatic carbocycles. The van der Waals surface area contributed by atoms with Gasteiger partial charge in [-0.3, -0.25) is 4.79 Å². The van der Waals surface area contributed by atoms with Crippen LogP contribution in [0.25, 0.3) is 0 Å². The summed E-state index contributed by atoms with van der Waals surface area (Å²) in [5.41, 5.74) is 2.91. The van der Waals surface area contributed by atoms with E-state index in [0.717, 1.165) is 16.8 Å². The third-order valence-corrected chi connectivity index (χ3v) is 6.01. The van der Waals surface area contributed by atoms with Gasteiger partial charge in [-0.2, -0.15) is 15.0 Å². The average molecular weight is 474 g/mol. The fourth-order valence-corrected chi connectivity index (χ4v) is 3.99. The van der Waals surface area contributed by atoms with Crippen molar-refractivity contribution in [3.63, 3.8) is 0 Å². The van der Waals surface area contributed by atoms with E-state index < -0.39 is 0 Å². The Balaban J connectivity index is 1.11. The first-order valence-corrected chi connectivity index (χ1v) is 11.5. The second kappa shape index (κ2) is 10.4. The van der Waals surface area contributed by atoms with Gasteiger partial charge in [-0.1, -0.05) is 41.6 Å². The number of amides is 1. The fourth-order valence-electron chi connectivity index (χ4n) is 3.99. The van der Waals surface area contributed by atoms with E-state index in [-0.39, 0.29) is 11.9 Å². The Kier molecular flexibility index (Phi) is 6.69. The van der Waals surface area contributed by atoms with Gasteiger partial charge < -0.3 is 14.4 Å². The molecule has 0 saturated carbocycles. The molecule has 0 bridgehead atoms. The summed E-state index contributed by atoms with van der Waals surface area (Å²) in [5.74, 6) is 1.49. The van der Waals surface area contributed by atoms with Crippen molar-refractivity contribution >= 4 is 5.91 Å². The lowest BCUT2D eigenvalue weighted by Crippen LogP contribution is -2.51. The van der Waals surface area contributed by atoms with Crippen molar-refractivity contribution in [2.45, 2.75) is 32.0 Å². The summed E-state index contributed by atoms with van der Waals surface area (Å²) in [6, 6.07) is 16.0. The minimum Gasteiger partial charge on any atom is -0.493 e. The van der Waals surface area contributed by atoms with Crippen LogP contribution in [0.15, 0.2) is 67.1 Å². The lowest BCUT2D eigenvalue weighted by molar-refractivity contribution is -0.137. The van der Waals surface area contributed by atoms with Gasteiger partial charge in [-0.15, -0.1) is 5.10 Å². The van der Waals surface area contributed by atoms with Crippen LogP contribution in [0.5, 0.6) is 11.5 Å². The van der Waals surface area contributed by atoms with Gasteiger partial charge >= 0.3 is 0 Å². The molecule has 1 fully saturated rings. The highest BCUT2D eigenvalue weighted by Crippen LogP contribution is 2.30. The molecule has 180 valence electrons. The predicted octanol–water partition coefficient (Wildman–Crippen LogP) is 2.52. The van der Waals surface area contributed by atoms with E-state index in [0.29, 0.717) is 50.6 Å². The van der Waals surface area contributed by atoms with E-state index in [1.165, 1.54) is 0 Å². The van der Waals surface area contributed by atoms with Crippen LogP contribution >= 0.6 is 0 Å². The highest BCUT2D eigenvalue weighted by Gasteiger charge is 2.32. The SMILES string of the molecule is COc1ccc(CCC(=O)N2CC(n3cc(Cn4nccn4)nn3)C2)cc1OCc1ccccc1. The maximum absolute atomic E-state index is 12.7. The highest BCUT2D eigenvalue weighted by molar-refractivity contribution is 5.77. The topological polar surface area (TPSA) is 100 Å². The van der Waals surface area contributed by atoms with Crippen LogP contribution in [-0.2, 0) is 24.4 Å². The number of hydrogen-bond donors (Lipinski definition) is 0. The number of hydrogen-bond acceptors (Lipinski definition) is 7. The smallest absolute Gasteiger partial charge is 0.223 e. The zero-order valence-corrected chi connectivity index (χ0v) is 19.5. The van der Waals surface area contributed by atoms with Gasteiger partial charge in [-0.25, -0.2) is 4.68 Å². The van der Waals surface area contributed by atoms with Crippen molar-refractivity contribution < 1.29 is 14.3 Å². The number of methoxy groups -OCH3 is 1. The standard InChI is InChI=1S/C25H27N7O3/c1-34-23-9-7-19(13-24(23)35-18-20-5-3-2-4-6-20)8-10-25(33)30-16-22(17-30)31-14-21(28-29-31)15-32-26-11-12-27-32/h2-7,9,11-14,22H,8,10,15-18H2,1H3. The Morgan fingerprint density at radius 3 is 2.60 bits per heavy atom. The van der Waals surface area contributed by atoms with Gasteiger partial charge in [0.15, 0.2) is 11.5 Å². The van der Waals surface area contributed by atoms with Crippen LogP contribution in [0.4, 0.5) is 0 Å². The molecule has 1 saturated heterocycles. The zero-order chi connectivity index (χ0) is 24.0. The second-order valence-corrected chi connectivity index (χ2v) is 8.46. The molecular formula is C25H27N7O3. The molecule has 35 heavy (non-hydrogen) atoms. The number of benzene rings is 2. The Morgan fingerprint density at radius 1 is 1.03 bits per heavy atom. The first-order chi connectivity index (χ1) is 17.2. The second-order valence-electron chi connectivity index (χ2n) is 8.46. The lowest BCUT2D eigenvalue weighted by atomic mass is 10.1. The highest BCUT2D eigenvalue weighted by atomic mass is 16.5. The molecule has 0 N–H and O–H groups in total. The molecular weight excluding hydrogens is 446 g/mol. The van der Waals surface area contributed by atoms with Crippen molar-refractivity contribution in [2.75, 3.05) is 20.2 Å². The van der Waals surface area contributed by atoms with Crippen LogP contribution in [0.3, 0.4) is 0 Å². The number of aromatic nitrogens is 6. The Bertz CT molecular complexity index is 1250. The number of carbonyl (C=O) groups is 1. The first kappa shape index (κ1) is 22.6.